The van der Waals surface area contributed by atoms with Crippen molar-refractivity contribution in [1.29, 1.82) is 0 Å². The summed E-state index contributed by atoms with van der Waals surface area (Å²) in [6.45, 7) is 0.664. The third-order valence-electron chi connectivity index (χ3n) is 10.6. The van der Waals surface area contributed by atoms with Crippen LogP contribution in [0.15, 0.2) is 54.6 Å². The summed E-state index contributed by atoms with van der Waals surface area (Å²) in [5.41, 5.74) is 0.445. The number of alkyl carbamates (subject to hydrolysis) is 1. The van der Waals surface area contributed by atoms with Gasteiger partial charge in [-0.15, -0.1) is 0 Å². The number of hydrogen-bond donors (Lipinski definition) is 4. The quantitative estimate of drug-likeness (QED) is 0.255. The Morgan fingerprint density at radius 1 is 0.936 bits per heavy atom. The van der Waals surface area contributed by atoms with Gasteiger partial charge in [-0.2, -0.15) is 0 Å². The number of nitrogens with one attached hydrogen (secondary N) is 2. The molecule has 12 nitrogen and oxygen atoms in total. The molecule has 4 bridgehead atoms. The molecule has 2 unspecified atom stereocenters. The molecule has 47 heavy (non-hydrogen) atoms. The van der Waals surface area contributed by atoms with E-state index in [9.17, 15) is 34.2 Å². The zero-order valence-electron chi connectivity index (χ0n) is 26.5. The van der Waals surface area contributed by atoms with Gasteiger partial charge in [-0.05, 0) is 79.9 Å². The lowest BCUT2D eigenvalue weighted by Gasteiger charge is -2.56. The van der Waals surface area contributed by atoms with Crippen LogP contribution in [-0.2, 0) is 37.8 Å². The molecule has 5 amide bonds. The summed E-state index contributed by atoms with van der Waals surface area (Å²) >= 11 is 0. The molecule has 0 radical (unpaired) electrons. The van der Waals surface area contributed by atoms with Gasteiger partial charge in [0.05, 0.1) is 13.2 Å². The third kappa shape index (κ3) is 6.56. The molecule has 1 heterocycles. The van der Waals surface area contributed by atoms with Gasteiger partial charge in [0.1, 0.15) is 18.1 Å². The van der Waals surface area contributed by atoms with E-state index in [2.05, 4.69) is 10.6 Å². The van der Waals surface area contributed by atoms with Gasteiger partial charge >= 0.3 is 18.1 Å². The van der Waals surface area contributed by atoms with E-state index in [1.54, 1.807) is 31.2 Å². The Kier molecular flexibility index (Phi) is 8.97. The number of carbonyl (C=O) groups is 5. The summed E-state index contributed by atoms with van der Waals surface area (Å²) in [7, 11) is 0. The zero-order valence-corrected chi connectivity index (χ0v) is 26.5. The number of urea groups is 1. The molecule has 4 aliphatic carbocycles. The van der Waals surface area contributed by atoms with Gasteiger partial charge in [0.2, 0.25) is 5.91 Å². The van der Waals surface area contributed by atoms with Crippen LogP contribution in [0.5, 0.6) is 0 Å². The Balaban J connectivity index is 1.08. The van der Waals surface area contributed by atoms with Gasteiger partial charge in [0.25, 0.3) is 5.91 Å². The van der Waals surface area contributed by atoms with Crippen molar-refractivity contribution in [2.24, 2.45) is 23.2 Å². The van der Waals surface area contributed by atoms with E-state index in [1.165, 1.54) is 24.2 Å². The first kappa shape index (κ1) is 32.5. The number of carboxylic acid groups (broad SMARTS) is 1. The highest BCUT2D eigenvalue weighted by molar-refractivity contribution is 6.09. The van der Waals surface area contributed by atoms with E-state index in [0.29, 0.717) is 28.9 Å². The maximum absolute atomic E-state index is 13.9. The molecule has 1 aliphatic heterocycles. The van der Waals surface area contributed by atoms with Crippen LogP contribution in [0, 0.1) is 23.2 Å². The predicted octanol–water partition coefficient (Wildman–Crippen LogP) is 3.37. The number of amides is 5. The number of aliphatic hydroxyl groups excluding tert-OH is 1. The molecule has 0 aromatic heterocycles. The van der Waals surface area contributed by atoms with Crippen LogP contribution >= 0.6 is 0 Å². The van der Waals surface area contributed by atoms with Gasteiger partial charge in [0.15, 0.2) is 0 Å². The molecule has 4 N–H and O–H groups in total. The lowest BCUT2D eigenvalue weighted by Crippen LogP contribution is -2.52. The smallest absolute Gasteiger partial charge is 0.407 e. The SMILES string of the molecule is CC1(c2ccc(CO)cc2)C(=O)N(CC(=O)NCC(NC(=O)OCC23CC4CC(CC(C4)C2)C3)C(=O)O)C(=O)N1Cc1ccccc1. The maximum Gasteiger partial charge on any atom is 0.407 e. The minimum Gasteiger partial charge on any atom is -0.480 e. The second-order valence-corrected chi connectivity index (χ2v) is 14.0. The molecular weight excluding hydrogens is 604 g/mol. The molecule has 5 fully saturated rings. The molecule has 250 valence electrons. The summed E-state index contributed by atoms with van der Waals surface area (Å²) in [4.78, 5) is 67.5. The van der Waals surface area contributed by atoms with Crippen LogP contribution in [0.3, 0.4) is 0 Å². The van der Waals surface area contributed by atoms with Crippen molar-refractivity contribution in [3.8, 4) is 0 Å². The minimum atomic E-state index is -1.47. The van der Waals surface area contributed by atoms with Gasteiger partial charge in [0, 0.05) is 18.5 Å². The van der Waals surface area contributed by atoms with Crippen LogP contribution in [0.25, 0.3) is 0 Å². The van der Waals surface area contributed by atoms with Gasteiger partial charge in [-0.3, -0.25) is 14.5 Å². The van der Waals surface area contributed by atoms with E-state index in [4.69, 9.17) is 4.74 Å². The van der Waals surface area contributed by atoms with E-state index < -0.39 is 54.6 Å². The van der Waals surface area contributed by atoms with Crippen LogP contribution in [-0.4, -0.2) is 75.7 Å². The fourth-order valence-corrected chi connectivity index (χ4v) is 8.63. The van der Waals surface area contributed by atoms with Crippen LogP contribution in [0.1, 0.15) is 62.1 Å². The summed E-state index contributed by atoms with van der Waals surface area (Å²) in [5, 5.41) is 24.0. The van der Waals surface area contributed by atoms with E-state index >= 15 is 0 Å². The molecule has 2 atom stereocenters. The van der Waals surface area contributed by atoms with Crippen molar-refractivity contribution in [2.45, 2.75) is 70.2 Å². The number of carbonyl (C=O) groups excluding carboxylic acids is 4. The standard InChI is InChI=1S/C35H42N4O8/c1-34(27-9-7-23(20-40)8-10-27)31(44)38(33(46)39(34)18-22-5-3-2-4-6-22)19-29(41)36-17-28(30(42)43)37-32(45)47-21-35-14-24-11-25(15-35)13-26(12-24)16-35/h2-10,24-26,28,40H,11-21H2,1H3,(H,36,41)(H,37,45)(H,42,43). The highest BCUT2D eigenvalue weighted by Crippen LogP contribution is 2.60. The minimum absolute atomic E-state index is 0.0302. The Labute approximate surface area is 273 Å². The normalized spacial score (nSPS) is 28.3. The third-order valence-corrected chi connectivity index (χ3v) is 10.6. The molecule has 0 spiro atoms. The maximum atomic E-state index is 13.9. The van der Waals surface area contributed by atoms with E-state index in [0.717, 1.165) is 29.7 Å². The zero-order chi connectivity index (χ0) is 33.3. The topological polar surface area (TPSA) is 166 Å². The number of benzene rings is 2. The van der Waals surface area contributed by atoms with Gasteiger partial charge in [-0.25, -0.2) is 14.4 Å². The lowest BCUT2D eigenvalue weighted by atomic mass is 9.50. The van der Waals surface area contributed by atoms with E-state index in [1.807, 2.05) is 30.3 Å². The molecule has 2 aromatic rings. The molecule has 7 rings (SSSR count). The number of imide groups is 1. The lowest BCUT2D eigenvalue weighted by molar-refractivity contribution is -0.140. The van der Waals surface area contributed by atoms with Crippen molar-refractivity contribution in [3.63, 3.8) is 0 Å². The highest BCUT2D eigenvalue weighted by atomic mass is 16.5. The predicted molar refractivity (Wildman–Crippen MR) is 168 cm³/mol. The summed E-state index contributed by atoms with van der Waals surface area (Å²) in [6, 6.07) is 13.7. The largest absolute Gasteiger partial charge is 0.480 e. The van der Waals surface area contributed by atoms with Gasteiger partial charge < -0.3 is 30.5 Å². The van der Waals surface area contributed by atoms with E-state index in [-0.39, 0.29) is 25.2 Å². The van der Waals surface area contributed by atoms with Crippen molar-refractivity contribution in [1.82, 2.24) is 20.4 Å². The van der Waals surface area contributed by atoms with Crippen molar-refractivity contribution < 1.29 is 38.9 Å². The number of aliphatic carboxylic acids is 1. The summed E-state index contributed by atoms with van der Waals surface area (Å²) in [6.07, 6.45) is 6.01. The average molecular weight is 647 g/mol. The number of aliphatic hydroxyl groups is 1. The van der Waals surface area contributed by atoms with Crippen LogP contribution in [0.4, 0.5) is 9.59 Å². The highest BCUT2D eigenvalue weighted by Gasteiger charge is 2.56. The van der Waals surface area contributed by atoms with Crippen molar-refractivity contribution >= 4 is 29.9 Å². The van der Waals surface area contributed by atoms with Crippen molar-refractivity contribution in [3.05, 3.63) is 71.3 Å². The number of ether oxygens (including phenoxy) is 1. The molecule has 12 heteroatoms. The number of carboxylic acids is 1. The van der Waals surface area contributed by atoms with Gasteiger partial charge in [-0.1, -0.05) is 54.6 Å². The second kappa shape index (κ2) is 13.0. The summed E-state index contributed by atoms with van der Waals surface area (Å²) < 4.78 is 5.55. The van der Waals surface area contributed by atoms with Crippen LogP contribution < -0.4 is 10.6 Å². The molecular formula is C35H42N4O8. The Bertz CT molecular complexity index is 1490. The Hall–Kier alpha value is -4.45. The second-order valence-electron chi connectivity index (χ2n) is 14.0. The fraction of sp³-hybridized carbons (Fsp3) is 0.514. The number of hydrogen-bond acceptors (Lipinski definition) is 7. The van der Waals surface area contributed by atoms with Crippen molar-refractivity contribution in [2.75, 3.05) is 19.7 Å². The molecule has 2 aromatic carbocycles. The average Bonchev–Trinajstić information content (AvgIpc) is 3.22. The first-order valence-corrected chi connectivity index (χ1v) is 16.3. The number of nitrogens with zero attached hydrogens (tertiary/aromatic N) is 2. The molecule has 5 aliphatic rings. The number of rotatable bonds is 12. The first-order valence-electron chi connectivity index (χ1n) is 16.3. The Morgan fingerprint density at radius 2 is 1.55 bits per heavy atom. The fourth-order valence-electron chi connectivity index (χ4n) is 8.63. The molecule has 1 saturated heterocycles. The summed E-state index contributed by atoms with van der Waals surface area (Å²) in [5.74, 6) is -0.705. The Morgan fingerprint density at radius 3 is 2.13 bits per heavy atom. The first-order chi connectivity index (χ1) is 22.5. The molecule has 4 saturated carbocycles. The monoisotopic (exact) mass is 646 g/mol. The van der Waals surface area contributed by atoms with Crippen LogP contribution in [0.2, 0.25) is 0 Å².